The minimum Gasteiger partial charge on any atom is -0.370 e. The average Bonchev–Trinajstić information content (AvgIpc) is 2.90. The molecule has 0 saturated heterocycles. The van der Waals surface area contributed by atoms with Crippen LogP contribution >= 0.6 is 11.3 Å². The third-order valence-electron chi connectivity index (χ3n) is 3.19. The molecular formula is C16H18N2O2S. The van der Waals surface area contributed by atoms with Gasteiger partial charge in [-0.15, -0.1) is 11.3 Å². The number of rotatable bonds is 6. The average molecular weight is 302 g/mol. The lowest BCUT2D eigenvalue weighted by atomic mass is 10.2. The number of carbonyl (C=O) groups is 2. The Bertz CT molecular complexity index is 622. The molecule has 2 rings (SSSR count). The van der Waals surface area contributed by atoms with Crippen LogP contribution in [0.25, 0.3) is 0 Å². The highest BCUT2D eigenvalue weighted by Crippen LogP contribution is 2.19. The first-order valence-electron chi connectivity index (χ1n) is 6.73. The predicted molar refractivity (Wildman–Crippen MR) is 84.0 cm³/mol. The largest absolute Gasteiger partial charge is 0.370 e. The first kappa shape index (κ1) is 15.3. The van der Waals surface area contributed by atoms with Crippen molar-refractivity contribution in [1.82, 2.24) is 4.90 Å². The van der Waals surface area contributed by atoms with Crippen molar-refractivity contribution in [1.29, 1.82) is 0 Å². The standard InChI is InChI=1S/C16H18N2O2S/c1-12-8-10-21-15(12)16(20)18(9-7-14(17)19)11-13-5-3-2-4-6-13/h2-6,8,10H,7,9,11H2,1H3,(H2,17,19). The molecule has 110 valence electrons. The lowest BCUT2D eigenvalue weighted by Crippen LogP contribution is -2.33. The smallest absolute Gasteiger partial charge is 0.264 e. The molecule has 5 heteroatoms. The number of nitrogens with zero attached hydrogens (tertiary/aromatic N) is 1. The highest BCUT2D eigenvalue weighted by molar-refractivity contribution is 7.12. The van der Waals surface area contributed by atoms with E-state index in [-0.39, 0.29) is 12.3 Å². The van der Waals surface area contributed by atoms with Crippen molar-refractivity contribution in [2.75, 3.05) is 6.54 Å². The van der Waals surface area contributed by atoms with Crippen molar-refractivity contribution in [3.63, 3.8) is 0 Å². The number of hydrogen-bond donors (Lipinski definition) is 1. The van der Waals surface area contributed by atoms with E-state index in [1.165, 1.54) is 11.3 Å². The normalized spacial score (nSPS) is 10.3. The number of primary amides is 1. The number of thiophene rings is 1. The Kier molecular flexibility index (Phi) is 5.11. The van der Waals surface area contributed by atoms with Gasteiger partial charge in [0.1, 0.15) is 0 Å². The molecule has 2 aromatic rings. The van der Waals surface area contributed by atoms with E-state index in [1.807, 2.05) is 48.7 Å². The summed E-state index contributed by atoms with van der Waals surface area (Å²) in [6, 6.07) is 11.7. The Morgan fingerprint density at radius 1 is 1.19 bits per heavy atom. The molecule has 0 atom stereocenters. The van der Waals surface area contributed by atoms with E-state index in [4.69, 9.17) is 5.73 Å². The van der Waals surface area contributed by atoms with E-state index >= 15 is 0 Å². The highest BCUT2D eigenvalue weighted by Gasteiger charge is 2.19. The molecule has 4 nitrogen and oxygen atoms in total. The Balaban J connectivity index is 2.17. The van der Waals surface area contributed by atoms with Gasteiger partial charge in [0.15, 0.2) is 0 Å². The van der Waals surface area contributed by atoms with Gasteiger partial charge in [0.2, 0.25) is 5.91 Å². The minimum atomic E-state index is -0.399. The lowest BCUT2D eigenvalue weighted by Gasteiger charge is -2.22. The fourth-order valence-electron chi connectivity index (χ4n) is 2.04. The molecule has 0 saturated carbocycles. The van der Waals surface area contributed by atoms with E-state index in [2.05, 4.69) is 0 Å². The summed E-state index contributed by atoms with van der Waals surface area (Å²) in [4.78, 5) is 26.0. The molecule has 21 heavy (non-hydrogen) atoms. The molecule has 1 aromatic carbocycles. The van der Waals surface area contributed by atoms with Gasteiger partial charge in [-0.1, -0.05) is 30.3 Å². The molecule has 2 amide bonds. The van der Waals surface area contributed by atoms with E-state index in [0.29, 0.717) is 13.1 Å². The van der Waals surface area contributed by atoms with Crippen molar-refractivity contribution in [2.24, 2.45) is 5.73 Å². The summed E-state index contributed by atoms with van der Waals surface area (Å²) in [7, 11) is 0. The molecule has 0 aliphatic heterocycles. The Morgan fingerprint density at radius 3 is 2.48 bits per heavy atom. The maximum atomic E-state index is 12.6. The van der Waals surface area contributed by atoms with Gasteiger partial charge >= 0.3 is 0 Å². The first-order valence-corrected chi connectivity index (χ1v) is 7.61. The number of nitrogens with two attached hydrogens (primary N) is 1. The molecule has 0 radical (unpaired) electrons. The zero-order valence-electron chi connectivity index (χ0n) is 11.9. The van der Waals surface area contributed by atoms with Crippen LogP contribution in [0.1, 0.15) is 27.2 Å². The van der Waals surface area contributed by atoms with E-state index in [9.17, 15) is 9.59 Å². The molecule has 2 N–H and O–H groups in total. The molecule has 0 aliphatic carbocycles. The number of carbonyl (C=O) groups excluding carboxylic acids is 2. The van der Waals surface area contributed by atoms with Crippen LogP contribution in [-0.2, 0) is 11.3 Å². The second kappa shape index (κ2) is 7.04. The summed E-state index contributed by atoms with van der Waals surface area (Å²) < 4.78 is 0. The van der Waals surface area contributed by atoms with Gasteiger partial charge in [-0.05, 0) is 29.5 Å². The summed E-state index contributed by atoms with van der Waals surface area (Å²) in [6.45, 7) is 2.73. The minimum absolute atomic E-state index is 0.0485. The molecule has 0 bridgehead atoms. The number of benzene rings is 1. The summed E-state index contributed by atoms with van der Waals surface area (Å²) >= 11 is 1.42. The maximum Gasteiger partial charge on any atom is 0.264 e. The van der Waals surface area contributed by atoms with Gasteiger partial charge in [0.05, 0.1) is 4.88 Å². The predicted octanol–water partition coefficient (Wildman–Crippen LogP) is 2.57. The van der Waals surface area contributed by atoms with E-state index in [0.717, 1.165) is 16.0 Å². The van der Waals surface area contributed by atoms with Gasteiger partial charge < -0.3 is 10.6 Å². The van der Waals surface area contributed by atoms with Gasteiger partial charge in [0.25, 0.3) is 5.91 Å². The van der Waals surface area contributed by atoms with Gasteiger partial charge in [-0.3, -0.25) is 9.59 Å². The monoisotopic (exact) mass is 302 g/mol. The van der Waals surface area contributed by atoms with Crippen molar-refractivity contribution in [3.8, 4) is 0 Å². The number of amides is 2. The third kappa shape index (κ3) is 4.16. The maximum absolute atomic E-state index is 12.6. The van der Waals surface area contributed by atoms with Crippen LogP contribution < -0.4 is 5.73 Å². The molecule has 0 fully saturated rings. The van der Waals surface area contributed by atoms with Crippen LogP contribution in [0.5, 0.6) is 0 Å². The van der Waals surface area contributed by atoms with Crippen LogP contribution in [0.2, 0.25) is 0 Å². The Labute approximate surface area is 128 Å². The van der Waals surface area contributed by atoms with Crippen LogP contribution in [0.15, 0.2) is 41.8 Å². The second-order valence-corrected chi connectivity index (χ2v) is 5.78. The Hall–Kier alpha value is -2.14. The number of hydrogen-bond acceptors (Lipinski definition) is 3. The zero-order valence-corrected chi connectivity index (χ0v) is 12.7. The number of aryl methyl sites for hydroxylation is 1. The van der Waals surface area contributed by atoms with Crippen molar-refractivity contribution >= 4 is 23.2 Å². The van der Waals surface area contributed by atoms with Crippen molar-refractivity contribution < 1.29 is 9.59 Å². The first-order chi connectivity index (χ1) is 10.1. The molecule has 1 aromatic heterocycles. The zero-order chi connectivity index (χ0) is 15.2. The highest BCUT2D eigenvalue weighted by atomic mass is 32.1. The molecular weight excluding hydrogens is 284 g/mol. The summed E-state index contributed by atoms with van der Waals surface area (Å²) in [5, 5.41) is 1.90. The lowest BCUT2D eigenvalue weighted by molar-refractivity contribution is -0.118. The summed E-state index contributed by atoms with van der Waals surface area (Å²) in [6.07, 6.45) is 0.170. The van der Waals surface area contributed by atoms with Gasteiger partial charge in [0, 0.05) is 19.5 Å². The fourth-order valence-corrected chi connectivity index (χ4v) is 2.93. The summed E-state index contributed by atoms with van der Waals surface area (Å²) in [5.74, 6) is -0.448. The van der Waals surface area contributed by atoms with Crippen LogP contribution in [0.3, 0.4) is 0 Å². The van der Waals surface area contributed by atoms with Gasteiger partial charge in [-0.2, -0.15) is 0 Å². The van der Waals surface area contributed by atoms with Crippen LogP contribution in [0.4, 0.5) is 0 Å². The SMILES string of the molecule is Cc1ccsc1C(=O)N(CCC(N)=O)Cc1ccccc1. The van der Waals surface area contributed by atoms with Crippen LogP contribution in [0, 0.1) is 6.92 Å². The van der Waals surface area contributed by atoms with Crippen molar-refractivity contribution in [3.05, 3.63) is 57.8 Å². The van der Waals surface area contributed by atoms with Crippen LogP contribution in [-0.4, -0.2) is 23.3 Å². The van der Waals surface area contributed by atoms with E-state index < -0.39 is 5.91 Å². The van der Waals surface area contributed by atoms with E-state index in [1.54, 1.807) is 4.90 Å². The molecule has 0 spiro atoms. The van der Waals surface area contributed by atoms with Gasteiger partial charge in [-0.25, -0.2) is 0 Å². The third-order valence-corrected chi connectivity index (χ3v) is 4.19. The Morgan fingerprint density at radius 2 is 1.90 bits per heavy atom. The fraction of sp³-hybridized carbons (Fsp3) is 0.250. The topological polar surface area (TPSA) is 63.4 Å². The molecule has 0 unspecified atom stereocenters. The molecule has 1 heterocycles. The second-order valence-electron chi connectivity index (χ2n) is 4.86. The molecule has 0 aliphatic rings. The van der Waals surface area contributed by atoms with Crippen molar-refractivity contribution in [2.45, 2.75) is 19.9 Å². The summed E-state index contributed by atoms with van der Waals surface area (Å²) in [5.41, 5.74) is 7.20. The quantitative estimate of drug-likeness (QED) is 0.891.